The summed E-state index contributed by atoms with van der Waals surface area (Å²) in [7, 11) is 0. The zero-order chi connectivity index (χ0) is 13.9. The number of nitrogens with zero attached hydrogens (tertiary/aromatic N) is 4. The van der Waals surface area contributed by atoms with Gasteiger partial charge in [-0.05, 0) is 31.5 Å². The molecule has 1 aliphatic heterocycles. The maximum absolute atomic E-state index is 9.27. The van der Waals surface area contributed by atoms with Crippen molar-refractivity contribution >= 4 is 11.2 Å². The lowest BCUT2D eigenvalue weighted by Crippen LogP contribution is -2.34. The molecule has 0 bridgehead atoms. The smallest absolute Gasteiger partial charge is 0.160 e. The Balaban J connectivity index is 1.94. The van der Waals surface area contributed by atoms with Crippen molar-refractivity contribution in [3.8, 4) is 0 Å². The fourth-order valence-electron chi connectivity index (χ4n) is 3.13. The third-order valence-corrected chi connectivity index (χ3v) is 4.23. The minimum Gasteiger partial charge on any atom is -0.396 e. The predicted octanol–water partition coefficient (Wildman–Crippen LogP) is 1.62. The van der Waals surface area contributed by atoms with E-state index in [1.165, 1.54) is 0 Å². The first-order valence-corrected chi connectivity index (χ1v) is 7.48. The molecule has 0 aliphatic carbocycles. The number of piperidine rings is 1. The number of aliphatic hydroxyl groups excluding tert-OH is 1. The highest BCUT2D eigenvalue weighted by atomic mass is 16.3. The summed E-state index contributed by atoms with van der Waals surface area (Å²) in [6.07, 6.45) is 4.69. The van der Waals surface area contributed by atoms with Crippen LogP contribution in [0.5, 0.6) is 0 Å². The highest BCUT2D eigenvalue weighted by Gasteiger charge is 2.24. The topological polar surface area (TPSA) is 54.2 Å². The van der Waals surface area contributed by atoms with Gasteiger partial charge in [0, 0.05) is 31.7 Å². The van der Waals surface area contributed by atoms with Gasteiger partial charge >= 0.3 is 0 Å². The molecular weight excluding hydrogens is 252 g/mol. The molecule has 0 amide bonds. The molecule has 0 saturated carbocycles. The van der Waals surface area contributed by atoms with E-state index in [2.05, 4.69) is 26.4 Å². The number of imidazole rings is 1. The Kier molecular flexibility index (Phi) is 3.98. The van der Waals surface area contributed by atoms with Crippen molar-refractivity contribution in [1.82, 2.24) is 19.4 Å². The van der Waals surface area contributed by atoms with Crippen LogP contribution in [0.25, 0.3) is 11.2 Å². The van der Waals surface area contributed by atoms with Crippen LogP contribution >= 0.6 is 0 Å². The Morgan fingerprint density at radius 3 is 2.85 bits per heavy atom. The van der Waals surface area contributed by atoms with Crippen molar-refractivity contribution in [3.05, 3.63) is 24.2 Å². The van der Waals surface area contributed by atoms with E-state index in [4.69, 9.17) is 0 Å². The number of aromatic nitrogens is 3. The molecule has 2 aromatic rings. The normalized spacial score (nSPS) is 17.9. The summed E-state index contributed by atoms with van der Waals surface area (Å²) < 4.78 is 2.26. The van der Waals surface area contributed by atoms with E-state index >= 15 is 0 Å². The van der Waals surface area contributed by atoms with Crippen molar-refractivity contribution in [2.75, 3.05) is 26.2 Å². The zero-order valence-electron chi connectivity index (χ0n) is 12.0. The second-order valence-electron chi connectivity index (χ2n) is 5.38. The summed E-state index contributed by atoms with van der Waals surface area (Å²) in [5.74, 6) is 0.969. The van der Waals surface area contributed by atoms with E-state index in [0.717, 1.165) is 49.5 Å². The summed E-state index contributed by atoms with van der Waals surface area (Å²) >= 11 is 0. The van der Waals surface area contributed by atoms with Crippen molar-refractivity contribution in [3.63, 3.8) is 0 Å². The summed E-state index contributed by atoms with van der Waals surface area (Å²) in [6, 6.07) is 4.38. The van der Waals surface area contributed by atoms with Crippen LogP contribution in [0, 0.1) is 0 Å². The van der Waals surface area contributed by atoms with Gasteiger partial charge in [-0.15, -0.1) is 0 Å². The molecule has 3 rings (SSSR count). The first kappa shape index (κ1) is 13.5. The van der Waals surface area contributed by atoms with Gasteiger partial charge in [0.2, 0.25) is 0 Å². The average molecular weight is 274 g/mol. The molecule has 20 heavy (non-hydrogen) atoms. The molecule has 1 aliphatic rings. The lowest BCUT2D eigenvalue weighted by molar-refractivity contribution is 0.193. The molecule has 0 aromatic carbocycles. The number of likely N-dealkylation sites (tertiary alicyclic amines) is 1. The average Bonchev–Trinajstić information content (AvgIpc) is 2.86. The maximum atomic E-state index is 9.27. The van der Waals surface area contributed by atoms with Crippen LogP contribution in [0.15, 0.2) is 18.3 Å². The number of hydrogen-bond donors (Lipinski definition) is 1. The quantitative estimate of drug-likeness (QED) is 0.920. The molecule has 2 aromatic heterocycles. The number of aliphatic hydroxyl groups is 1. The molecule has 1 saturated heterocycles. The van der Waals surface area contributed by atoms with Crippen LogP contribution in [-0.4, -0.2) is 50.8 Å². The van der Waals surface area contributed by atoms with Crippen LogP contribution in [0.4, 0.5) is 0 Å². The summed E-state index contributed by atoms with van der Waals surface area (Å²) in [5, 5.41) is 9.27. The SMILES string of the molecule is CCN1CCC(n2c(CCO)nc3cccnc32)CC1. The van der Waals surface area contributed by atoms with Gasteiger partial charge < -0.3 is 14.6 Å². The third kappa shape index (κ3) is 2.43. The molecule has 0 spiro atoms. The lowest BCUT2D eigenvalue weighted by atomic mass is 10.0. The fourth-order valence-corrected chi connectivity index (χ4v) is 3.13. The van der Waals surface area contributed by atoms with Crippen molar-refractivity contribution in [1.29, 1.82) is 0 Å². The van der Waals surface area contributed by atoms with E-state index in [-0.39, 0.29) is 6.61 Å². The monoisotopic (exact) mass is 274 g/mol. The van der Waals surface area contributed by atoms with Crippen LogP contribution in [-0.2, 0) is 6.42 Å². The summed E-state index contributed by atoms with van der Waals surface area (Å²) in [5.41, 5.74) is 1.90. The largest absolute Gasteiger partial charge is 0.396 e. The van der Waals surface area contributed by atoms with Crippen molar-refractivity contribution in [2.24, 2.45) is 0 Å². The Hall–Kier alpha value is -1.46. The molecular formula is C15H22N4O. The Bertz CT molecular complexity index is 572. The number of rotatable bonds is 4. The van der Waals surface area contributed by atoms with Crippen LogP contribution in [0.3, 0.4) is 0 Å². The molecule has 1 fully saturated rings. The maximum Gasteiger partial charge on any atom is 0.160 e. The summed E-state index contributed by atoms with van der Waals surface area (Å²) in [4.78, 5) is 11.6. The van der Waals surface area contributed by atoms with Gasteiger partial charge in [-0.2, -0.15) is 0 Å². The van der Waals surface area contributed by atoms with Gasteiger partial charge in [-0.1, -0.05) is 6.92 Å². The number of hydrogen-bond acceptors (Lipinski definition) is 4. The zero-order valence-corrected chi connectivity index (χ0v) is 12.0. The van der Waals surface area contributed by atoms with E-state index < -0.39 is 0 Å². The molecule has 5 nitrogen and oxygen atoms in total. The Morgan fingerprint density at radius 1 is 1.35 bits per heavy atom. The predicted molar refractivity (Wildman–Crippen MR) is 78.7 cm³/mol. The van der Waals surface area contributed by atoms with E-state index in [9.17, 15) is 5.11 Å². The van der Waals surface area contributed by atoms with E-state index in [0.29, 0.717) is 12.5 Å². The van der Waals surface area contributed by atoms with Gasteiger partial charge in [0.05, 0.1) is 6.61 Å². The Labute approximate surface area is 119 Å². The molecule has 0 radical (unpaired) electrons. The molecule has 108 valence electrons. The van der Waals surface area contributed by atoms with Crippen molar-refractivity contribution < 1.29 is 5.11 Å². The molecule has 5 heteroatoms. The van der Waals surface area contributed by atoms with E-state index in [1.54, 1.807) is 0 Å². The Morgan fingerprint density at radius 2 is 2.15 bits per heavy atom. The third-order valence-electron chi connectivity index (χ3n) is 4.23. The number of pyridine rings is 1. The highest BCUT2D eigenvalue weighted by Crippen LogP contribution is 2.27. The van der Waals surface area contributed by atoms with Crippen LogP contribution in [0.2, 0.25) is 0 Å². The minimum absolute atomic E-state index is 0.136. The summed E-state index contributed by atoms with van der Waals surface area (Å²) in [6.45, 7) is 5.74. The highest BCUT2D eigenvalue weighted by molar-refractivity contribution is 5.71. The minimum atomic E-state index is 0.136. The van der Waals surface area contributed by atoms with Gasteiger partial charge in [-0.25, -0.2) is 9.97 Å². The first-order valence-electron chi connectivity index (χ1n) is 7.48. The van der Waals surface area contributed by atoms with Gasteiger partial charge in [-0.3, -0.25) is 0 Å². The first-order chi connectivity index (χ1) is 9.83. The molecule has 0 unspecified atom stereocenters. The van der Waals surface area contributed by atoms with E-state index in [1.807, 2.05) is 18.3 Å². The van der Waals surface area contributed by atoms with Crippen LogP contribution < -0.4 is 0 Å². The molecule has 1 N–H and O–H groups in total. The number of fused-ring (bicyclic) bond motifs is 1. The molecule has 0 atom stereocenters. The van der Waals surface area contributed by atoms with Crippen molar-refractivity contribution in [2.45, 2.75) is 32.2 Å². The van der Waals surface area contributed by atoms with Gasteiger partial charge in [0.25, 0.3) is 0 Å². The second kappa shape index (κ2) is 5.89. The van der Waals surface area contributed by atoms with Crippen LogP contribution in [0.1, 0.15) is 31.6 Å². The second-order valence-corrected chi connectivity index (χ2v) is 5.38. The van der Waals surface area contributed by atoms with Gasteiger partial charge in [0.1, 0.15) is 11.3 Å². The lowest BCUT2D eigenvalue weighted by Gasteiger charge is -2.32. The standard InChI is InChI=1S/C15H22N4O/c1-2-18-9-5-12(6-10-18)19-14(7-11-20)17-13-4-3-8-16-15(13)19/h3-4,8,12,20H,2,5-7,9-11H2,1H3. The fraction of sp³-hybridized carbons (Fsp3) is 0.600. The van der Waals surface area contributed by atoms with Gasteiger partial charge in [0.15, 0.2) is 5.65 Å². The molecule has 3 heterocycles.